The summed E-state index contributed by atoms with van der Waals surface area (Å²) in [5, 5.41) is 0. The Morgan fingerprint density at radius 1 is 1.21 bits per heavy atom. The first-order valence-corrected chi connectivity index (χ1v) is 9.96. The highest BCUT2D eigenvalue weighted by molar-refractivity contribution is 7.91. The van der Waals surface area contributed by atoms with Crippen molar-refractivity contribution in [1.82, 2.24) is 19.7 Å². The van der Waals surface area contributed by atoms with Crippen molar-refractivity contribution in [1.29, 1.82) is 0 Å². The van der Waals surface area contributed by atoms with Crippen LogP contribution in [0.25, 0.3) is 0 Å². The van der Waals surface area contributed by atoms with E-state index in [1.165, 1.54) is 0 Å². The number of carbonyl (C=O) groups is 1. The molecular weight excluding hydrogens is 328 g/mol. The van der Waals surface area contributed by atoms with Crippen molar-refractivity contribution in [3.05, 3.63) is 30.1 Å². The van der Waals surface area contributed by atoms with Gasteiger partial charge in [-0.1, -0.05) is 6.07 Å². The first-order chi connectivity index (χ1) is 11.4. The molecular formula is C16H24N4O3S. The zero-order valence-corrected chi connectivity index (χ0v) is 14.9. The van der Waals surface area contributed by atoms with Crippen molar-refractivity contribution in [3.8, 4) is 0 Å². The fourth-order valence-corrected chi connectivity index (χ4v) is 5.55. The van der Waals surface area contributed by atoms with Crippen LogP contribution in [0.1, 0.15) is 5.69 Å². The summed E-state index contributed by atoms with van der Waals surface area (Å²) >= 11 is 0. The van der Waals surface area contributed by atoms with Gasteiger partial charge in [0.15, 0.2) is 9.84 Å². The smallest absolute Gasteiger partial charge is 0.236 e. The van der Waals surface area contributed by atoms with E-state index in [-0.39, 0.29) is 36.0 Å². The van der Waals surface area contributed by atoms with Crippen LogP contribution in [-0.4, -0.2) is 91.3 Å². The first kappa shape index (κ1) is 17.3. The maximum Gasteiger partial charge on any atom is 0.236 e. The average Bonchev–Trinajstić information content (AvgIpc) is 2.86. The summed E-state index contributed by atoms with van der Waals surface area (Å²) < 4.78 is 24.4. The van der Waals surface area contributed by atoms with Crippen LogP contribution in [0.2, 0.25) is 0 Å². The Labute approximate surface area is 143 Å². The lowest BCUT2D eigenvalue weighted by atomic mass is 10.0. The molecule has 0 aliphatic carbocycles. The summed E-state index contributed by atoms with van der Waals surface area (Å²) in [6, 6.07) is 5.59. The molecule has 7 nitrogen and oxygen atoms in total. The summed E-state index contributed by atoms with van der Waals surface area (Å²) in [7, 11) is 0.378. The fraction of sp³-hybridized carbons (Fsp3) is 0.625. The SMILES string of the molecule is CN(C)C(=O)CN1CCN(Cc2ccccn2)[C@@H]2CS(=O)(=O)C[C@@H]21. The Balaban J connectivity index is 1.76. The van der Waals surface area contributed by atoms with Gasteiger partial charge in [-0.2, -0.15) is 0 Å². The predicted octanol–water partition coefficient (Wildman–Crippen LogP) is -0.547. The van der Waals surface area contributed by atoms with Gasteiger partial charge < -0.3 is 4.90 Å². The van der Waals surface area contributed by atoms with Crippen LogP contribution < -0.4 is 0 Å². The number of piperazine rings is 1. The molecule has 0 spiro atoms. The van der Waals surface area contributed by atoms with Crippen molar-refractivity contribution in [2.75, 3.05) is 45.2 Å². The minimum atomic E-state index is -3.07. The molecule has 24 heavy (non-hydrogen) atoms. The molecule has 2 fully saturated rings. The van der Waals surface area contributed by atoms with E-state index >= 15 is 0 Å². The van der Waals surface area contributed by atoms with Crippen LogP contribution in [0.4, 0.5) is 0 Å². The number of nitrogens with zero attached hydrogens (tertiary/aromatic N) is 4. The van der Waals surface area contributed by atoms with Crippen molar-refractivity contribution in [2.45, 2.75) is 18.6 Å². The van der Waals surface area contributed by atoms with E-state index in [0.29, 0.717) is 13.1 Å². The lowest BCUT2D eigenvalue weighted by Crippen LogP contribution is -2.60. The fourth-order valence-electron chi connectivity index (χ4n) is 3.50. The molecule has 1 amide bonds. The van der Waals surface area contributed by atoms with Crippen LogP contribution in [0.3, 0.4) is 0 Å². The second kappa shape index (κ2) is 6.78. The topological polar surface area (TPSA) is 73.8 Å². The number of amides is 1. The Morgan fingerprint density at radius 3 is 2.50 bits per heavy atom. The second-order valence-corrected chi connectivity index (χ2v) is 8.92. The molecule has 2 aliphatic rings. The van der Waals surface area contributed by atoms with E-state index < -0.39 is 9.84 Å². The Kier molecular flexibility index (Phi) is 4.89. The minimum absolute atomic E-state index is 0.0104. The number of fused-ring (bicyclic) bond motifs is 1. The predicted molar refractivity (Wildman–Crippen MR) is 91.1 cm³/mol. The van der Waals surface area contributed by atoms with Gasteiger partial charge in [0.25, 0.3) is 0 Å². The zero-order chi connectivity index (χ0) is 17.3. The summed E-state index contributed by atoms with van der Waals surface area (Å²) in [5.74, 6) is 0.310. The summed E-state index contributed by atoms with van der Waals surface area (Å²) in [5.41, 5.74) is 0.943. The highest BCUT2D eigenvalue weighted by Gasteiger charge is 2.46. The quantitative estimate of drug-likeness (QED) is 0.724. The van der Waals surface area contributed by atoms with E-state index in [2.05, 4.69) is 9.88 Å². The van der Waals surface area contributed by atoms with Gasteiger partial charge in [0.1, 0.15) is 0 Å². The van der Waals surface area contributed by atoms with Crippen molar-refractivity contribution < 1.29 is 13.2 Å². The third-order valence-corrected chi connectivity index (χ3v) is 6.53. The van der Waals surface area contributed by atoms with E-state index in [9.17, 15) is 13.2 Å². The molecule has 8 heteroatoms. The Morgan fingerprint density at radius 2 is 1.88 bits per heavy atom. The maximum absolute atomic E-state index is 12.2. The largest absolute Gasteiger partial charge is 0.348 e. The zero-order valence-electron chi connectivity index (χ0n) is 14.1. The maximum atomic E-state index is 12.2. The summed E-state index contributed by atoms with van der Waals surface area (Å²) in [6.45, 7) is 2.37. The number of aromatic nitrogens is 1. The number of carbonyl (C=O) groups excluding carboxylic acids is 1. The molecule has 0 saturated carbocycles. The molecule has 3 heterocycles. The third kappa shape index (κ3) is 3.76. The highest BCUT2D eigenvalue weighted by Crippen LogP contribution is 2.27. The highest BCUT2D eigenvalue weighted by atomic mass is 32.2. The van der Waals surface area contributed by atoms with E-state index in [0.717, 1.165) is 12.2 Å². The molecule has 0 bridgehead atoms. The number of rotatable bonds is 4. The molecule has 0 unspecified atom stereocenters. The van der Waals surface area contributed by atoms with Gasteiger partial charge >= 0.3 is 0 Å². The van der Waals surface area contributed by atoms with Crippen molar-refractivity contribution in [2.24, 2.45) is 0 Å². The normalized spacial score (nSPS) is 26.9. The van der Waals surface area contributed by atoms with E-state index in [1.54, 1.807) is 25.2 Å². The van der Waals surface area contributed by atoms with Crippen LogP contribution in [-0.2, 0) is 21.2 Å². The lowest BCUT2D eigenvalue weighted by molar-refractivity contribution is -0.131. The van der Waals surface area contributed by atoms with Gasteiger partial charge in [0, 0.05) is 52.0 Å². The molecule has 2 atom stereocenters. The standard InChI is InChI=1S/C16H24N4O3S/c1-18(2)16(21)10-20-8-7-19(9-13-5-3-4-6-17-13)14-11-24(22,23)12-15(14)20/h3-6,14-15H,7-12H2,1-2H3/t14-,15+/m1/s1. The summed E-state index contributed by atoms with van der Waals surface area (Å²) in [6.07, 6.45) is 1.75. The second-order valence-electron chi connectivity index (χ2n) is 6.76. The number of hydrogen-bond donors (Lipinski definition) is 0. The van der Waals surface area contributed by atoms with Gasteiger partial charge in [0.05, 0.1) is 23.7 Å². The average molecular weight is 352 g/mol. The van der Waals surface area contributed by atoms with Crippen molar-refractivity contribution >= 4 is 15.7 Å². The van der Waals surface area contributed by atoms with Gasteiger partial charge in [-0.15, -0.1) is 0 Å². The van der Waals surface area contributed by atoms with Crippen LogP contribution in [0, 0.1) is 0 Å². The van der Waals surface area contributed by atoms with Crippen molar-refractivity contribution in [3.63, 3.8) is 0 Å². The monoisotopic (exact) mass is 352 g/mol. The number of hydrogen-bond acceptors (Lipinski definition) is 6. The molecule has 2 aliphatic heterocycles. The Hall–Kier alpha value is -1.51. The number of pyridine rings is 1. The van der Waals surface area contributed by atoms with Crippen LogP contribution in [0.15, 0.2) is 24.4 Å². The molecule has 132 valence electrons. The van der Waals surface area contributed by atoms with Crippen LogP contribution in [0.5, 0.6) is 0 Å². The van der Waals surface area contributed by atoms with Crippen LogP contribution >= 0.6 is 0 Å². The lowest BCUT2D eigenvalue weighted by Gasteiger charge is -2.43. The number of sulfone groups is 1. The first-order valence-electron chi connectivity index (χ1n) is 8.14. The minimum Gasteiger partial charge on any atom is -0.348 e. The molecule has 1 aromatic heterocycles. The molecule has 0 radical (unpaired) electrons. The van der Waals surface area contributed by atoms with E-state index in [1.807, 2.05) is 23.1 Å². The summed E-state index contributed by atoms with van der Waals surface area (Å²) in [4.78, 5) is 22.2. The Bertz CT molecular complexity index is 693. The van der Waals surface area contributed by atoms with E-state index in [4.69, 9.17) is 0 Å². The molecule has 2 saturated heterocycles. The van der Waals surface area contributed by atoms with Gasteiger partial charge in [-0.05, 0) is 12.1 Å². The third-order valence-electron chi connectivity index (χ3n) is 4.83. The van der Waals surface area contributed by atoms with Gasteiger partial charge in [0.2, 0.25) is 5.91 Å². The molecule has 1 aromatic rings. The molecule has 0 aromatic carbocycles. The van der Waals surface area contributed by atoms with Gasteiger partial charge in [-0.3, -0.25) is 19.6 Å². The van der Waals surface area contributed by atoms with Gasteiger partial charge in [-0.25, -0.2) is 8.42 Å². The molecule has 0 N–H and O–H groups in total. The molecule has 3 rings (SSSR count). The number of likely N-dealkylation sites (N-methyl/N-ethyl adjacent to an activating group) is 1.